The number of carbonyl (C=O) groups is 1. The van der Waals surface area contributed by atoms with Gasteiger partial charge in [0.25, 0.3) is 0 Å². The van der Waals surface area contributed by atoms with Gasteiger partial charge in [0.15, 0.2) is 0 Å². The highest BCUT2D eigenvalue weighted by Gasteiger charge is 2.24. The number of phosphoric acid groups is 1. The minimum atomic E-state index is -4.14. The van der Waals surface area contributed by atoms with Crippen molar-refractivity contribution in [3.8, 4) is 5.75 Å². The van der Waals surface area contributed by atoms with Crippen LogP contribution in [0.4, 0.5) is 0 Å². The molecule has 0 aromatic heterocycles. The summed E-state index contributed by atoms with van der Waals surface area (Å²) in [5, 5.41) is 2.84. The molecule has 2 unspecified atom stereocenters. The van der Waals surface area contributed by atoms with Crippen LogP contribution in [0.3, 0.4) is 0 Å². The number of carbonyl (C=O) groups excluding carboxylic acids is 1. The first-order valence-electron chi connectivity index (χ1n) is 14.3. The molecule has 2 atom stereocenters. The summed E-state index contributed by atoms with van der Waals surface area (Å²) in [7, 11) is -2.41. The van der Waals surface area contributed by atoms with E-state index >= 15 is 0 Å². The number of benzene rings is 1. The predicted molar refractivity (Wildman–Crippen MR) is 151 cm³/mol. The summed E-state index contributed by atoms with van der Waals surface area (Å²) < 4.78 is 28.0. The maximum absolute atomic E-state index is 12.0. The number of Topliss-reactive ketones (excluding diaryl/α,β-unsaturated/α-hetero) is 1. The molecule has 2 N–H and O–H groups in total. The molecular weight excluding hydrogens is 489 g/mol. The number of phosphoric ester groups is 1. The maximum atomic E-state index is 12.0. The fourth-order valence-electron chi connectivity index (χ4n) is 4.28. The molecule has 37 heavy (non-hydrogen) atoms. The van der Waals surface area contributed by atoms with E-state index in [1.165, 1.54) is 77.6 Å². The Hall–Kier alpha value is -1.24. The lowest BCUT2D eigenvalue weighted by Gasteiger charge is -2.18. The maximum Gasteiger partial charge on any atom is 0.472 e. The van der Waals surface area contributed by atoms with Gasteiger partial charge in [-0.05, 0) is 50.4 Å². The summed E-state index contributed by atoms with van der Waals surface area (Å²) in [6, 6.07) is 7.85. The Labute approximate surface area is 225 Å². The smallest absolute Gasteiger partial charge is 0.472 e. The SMILES string of the molecule is CCCCCCCCCCCCCCOc1ccc(CC(COP(=O)(O)OCCNC)CC(C)=O)cc1. The molecule has 0 fully saturated rings. The van der Waals surface area contributed by atoms with Gasteiger partial charge in [0.1, 0.15) is 11.5 Å². The molecule has 0 aliphatic rings. The van der Waals surface area contributed by atoms with E-state index < -0.39 is 7.82 Å². The van der Waals surface area contributed by atoms with Gasteiger partial charge >= 0.3 is 7.82 Å². The molecular formula is C29H52NO6P. The lowest BCUT2D eigenvalue weighted by Crippen LogP contribution is -2.17. The average molecular weight is 542 g/mol. The van der Waals surface area contributed by atoms with Gasteiger partial charge in [-0.2, -0.15) is 0 Å². The number of hydrogen-bond acceptors (Lipinski definition) is 6. The quantitative estimate of drug-likeness (QED) is 0.0994. The number of unbranched alkanes of at least 4 members (excludes halogenated alkanes) is 11. The zero-order chi connectivity index (χ0) is 27.2. The van der Waals surface area contributed by atoms with Crippen LogP contribution in [0, 0.1) is 5.92 Å². The van der Waals surface area contributed by atoms with E-state index in [0.717, 1.165) is 24.3 Å². The van der Waals surface area contributed by atoms with Crippen molar-refractivity contribution in [3.05, 3.63) is 29.8 Å². The lowest BCUT2D eigenvalue weighted by molar-refractivity contribution is -0.118. The van der Waals surface area contributed by atoms with Crippen LogP contribution < -0.4 is 10.1 Å². The topological polar surface area (TPSA) is 94.1 Å². The Morgan fingerprint density at radius 2 is 1.46 bits per heavy atom. The molecule has 1 aromatic rings. The van der Waals surface area contributed by atoms with E-state index in [1.807, 2.05) is 24.3 Å². The molecule has 0 bridgehead atoms. The molecule has 0 radical (unpaired) electrons. The molecule has 0 aliphatic heterocycles. The third-order valence-electron chi connectivity index (χ3n) is 6.37. The molecule has 1 aromatic carbocycles. The van der Waals surface area contributed by atoms with Crippen molar-refractivity contribution in [1.29, 1.82) is 0 Å². The van der Waals surface area contributed by atoms with E-state index in [0.29, 0.717) is 13.0 Å². The Bertz CT molecular complexity index is 742. The monoisotopic (exact) mass is 541 g/mol. The zero-order valence-corrected chi connectivity index (χ0v) is 24.4. The van der Waals surface area contributed by atoms with Crippen LogP contribution in [0.1, 0.15) is 103 Å². The van der Waals surface area contributed by atoms with Crippen LogP contribution in [0.5, 0.6) is 5.75 Å². The second kappa shape index (κ2) is 21.7. The summed E-state index contributed by atoms with van der Waals surface area (Å²) >= 11 is 0. The Morgan fingerprint density at radius 3 is 2.00 bits per heavy atom. The molecule has 1 rings (SSSR count). The van der Waals surface area contributed by atoms with Gasteiger partial charge < -0.3 is 19.7 Å². The van der Waals surface area contributed by atoms with E-state index in [9.17, 15) is 14.3 Å². The summed E-state index contributed by atoms with van der Waals surface area (Å²) in [6.45, 7) is 4.99. The van der Waals surface area contributed by atoms with Gasteiger partial charge in [0.05, 0.1) is 19.8 Å². The van der Waals surface area contributed by atoms with Crippen molar-refractivity contribution in [2.45, 2.75) is 104 Å². The normalized spacial score (nSPS) is 13.8. The third-order valence-corrected chi connectivity index (χ3v) is 7.35. The van der Waals surface area contributed by atoms with Crippen LogP contribution in [-0.4, -0.2) is 44.1 Å². The highest BCUT2D eigenvalue weighted by atomic mass is 31.2. The largest absolute Gasteiger partial charge is 0.494 e. The molecule has 0 saturated carbocycles. The number of rotatable bonds is 25. The first-order chi connectivity index (χ1) is 17.9. The van der Waals surface area contributed by atoms with Crippen molar-refractivity contribution in [2.75, 3.05) is 33.4 Å². The van der Waals surface area contributed by atoms with Gasteiger partial charge in [0, 0.05) is 13.0 Å². The van der Waals surface area contributed by atoms with Crippen molar-refractivity contribution in [2.24, 2.45) is 5.92 Å². The van der Waals surface area contributed by atoms with E-state index in [1.54, 1.807) is 7.05 Å². The van der Waals surface area contributed by atoms with Crippen LogP contribution in [0.15, 0.2) is 24.3 Å². The van der Waals surface area contributed by atoms with Crippen molar-refractivity contribution in [1.82, 2.24) is 5.32 Å². The molecule has 0 aliphatic carbocycles. The van der Waals surface area contributed by atoms with Gasteiger partial charge in [-0.3, -0.25) is 9.05 Å². The Balaban J connectivity index is 2.24. The molecule has 0 heterocycles. The summed E-state index contributed by atoms with van der Waals surface area (Å²) in [5.74, 6) is 0.641. The summed E-state index contributed by atoms with van der Waals surface area (Å²) in [4.78, 5) is 21.5. The fourth-order valence-corrected chi connectivity index (χ4v) is 5.08. The molecule has 0 spiro atoms. The summed E-state index contributed by atoms with van der Waals surface area (Å²) in [6.07, 6.45) is 16.7. The molecule has 0 saturated heterocycles. The van der Waals surface area contributed by atoms with Gasteiger partial charge in [-0.25, -0.2) is 4.57 Å². The average Bonchev–Trinajstić information content (AvgIpc) is 2.86. The third kappa shape index (κ3) is 19.5. The summed E-state index contributed by atoms with van der Waals surface area (Å²) in [5.41, 5.74) is 1.02. The standard InChI is InChI=1S/C29H52NO6P/c1-4-5-6-7-8-9-10-11-12-13-14-15-21-34-29-18-16-27(17-19-29)24-28(23-26(2)31)25-36-37(32,33)35-22-20-30-3/h16-19,28,30H,4-15,20-25H2,1-3H3,(H,32,33). The van der Waals surface area contributed by atoms with Crippen LogP contribution in [0.25, 0.3) is 0 Å². The number of ether oxygens (including phenoxy) is 1. The van der Waals surface area contributed by atoms with Crippen molar-refractivity contribution in [3.63, 3.8) is 0 Å². The van der Waals surface area contributed by atoms with Crippen molar-refractivity contribution >= 4 is 13.6 Å². The lowest BCUT2D eigenvalue weighted by atomic mass is 9.95. The zero-order valence-electron chi connectivity index (χ0n) is 23.6. The molecule has 0 amide bonds. The van der Waals surface area contributed by atoms with Gasteiger partial charge in [-0.1, -0.05) is 89.7 Å². The second-order valence-corrected chi connectivity index (χ2v) is 11.5. The van der Waals surface area contributed by atoms with Crippen molar-refractivity contribution < 1.29 is 28.0 Å². The highest BCUT2D eigenvalue weighted by molar-refractivity contribution is 7.47. The minimum absolute atomic E-state index is 0.0137. The Kier molecular flexibility index (Phi) is 19.8. The molecule has 214 valence electrons. The van der Waals surface area contributed by atoms with E-state index in [-0.39, 0.29) is 31.3 Å². The molecule has 8 heteroatoms. The number of likely N-dealkylation sites (N-methyl/N-ethyl adjacent to an activating group) is 1. The number of ketones is 1. The minimum Gasteiger partial charge on any atom is -0.494 e. The van der Waals surface area contributed by atoms with Gasteiger partial charge in [0.2, 0.25) is 0 Å². The van der Waals surface area contributed by atoms with Crippen LogP contribution >= 0.6 is 7.82 Å². The van der Waals surface area contributed by atoms with Crippen LogP contribution in [-0.2, 0) is 24.8 Å². The first-order valence-corrected chi connectivity index (χ1v) is 15.8. The molecule has 7 nitrogen and oxygen atoms in total. The van der Waals surface area contributed by atoms with E-state index in [2.05, 4.69) is 12.2 Å². The number of hydrogen-bond donors (Lipinski definition) is 2. The number of nitrogens with one attached hydrogen (secondary N) is 1. The van der Waals surface area contributed by atoms with E-state index in [4.69, 9.17) is 13.8 Å². The Morgan fingerprint density at radius 1 is 0.892 bits per heavy atom. The van der Waals surface area contributed by atoms with Gasteiger partial charge in [-0.15, -0.1) is 0 Å². The first kappa shape index (κ1) is 33.8. The highest BCUT2D eigenvalue weighted by Crippen LogP contribution is 2.43. The van der Waals surface area contributed by atoms with Crippen LogP contribution in [0.2, 0.25) is 0 Å². The predicted octanol–water partition coefficient (Wildman–Crippen LogP) is 7.26. The fraction of sp³-hybridized carbons (Fsp3) is 0.759. The second-order valence-electron chi connectivity index (χ2n) is 10.1.